The summed E-state index contributed by atoms with van der Waals surface area (Å²) < 4.78 is 0. The molecule has 3 rings (SSSR count). The van der Waals surface area contributed by atoms with Gasteiger partial charge in [-0.2, -0.15) is 0 Å². The summed E-state index contributed by atoms with van der Waals surface area (Å²) >= 11 is 0. The molecule has 4 N–H and O–H groups in total. The largest absolute Gasteiger partial charge is 1.00 e. The minimum atomic E-state index is 0. The van der Waals surface area contributed by atoms with Crippen molar-refractivity contribution in [1.29, 1.82) is 0 Å². The second-order valence-electron chi connectivity index (χ2n) is 15.0. The summed E-state index contributed by atoms with van der Waals surface area (Å²) in [6.07, 6.45) is 41.8. The van der Waals surface area contributed by atoms with Gasteiger partial charge in [0.25, 0.3) is 0 Å². The van der Waals surface area contributed by atoms with Gasteiger partial charge in [0, 0.05) is 26.1 Å². The third-order valence-electron chi connectivity index (χ3n) is 11.2. The van der Waals surface area contributed by atoms with E-state index in [0.717, 1.165) is 51.1 Å². The van der Waals surface area contributed by atoms with E-state index in [1.54, 1.807) is 0 Å². The molecular formula is C42H78BrO6-. The van der Waals surface area contributed by atoms with Gasteiger partial charge in [0.1, 0.15) is 12.6 Å². The van der Waals surface area contributed by atoms with Gasteiger partial charge in [-0.25, -0.2) is 0 Å². The fraction of sp³-hybridized carbons (Fsp3) is 0.857. The quantitative estimate of drug-likeness (QED) is 0.0641. The molecule has 0 spiro atoms. The number of aliphatic hydroxyl groups is 4. The first-order valence-corrected chi connectivity index (χ1v) is 20.0. The molecule has 3 fully saturated rings. The fourth-order valence-corrected chi connectivity index (χ4v) is 7.91. The highest BCUT2D eigenvalue weighted by atomic mass is 79.9. The van der Waals surface area contributed by atoms with E-state index in [0.29, 0.717) is 36.9 Å². The molecule has 0 atom stereocenters. The molecule has 0 aromatic rings. The number of hydrogen-bond donors (Lipinski definition) is 4. The number of rotatable bonds is 19. The Bertz CT molecular complexity index is 736. The molecule has 0 aliphatic heterocycles. The molecule has 0 unspecified atom stereocenters. The molecule has 3 saturated carbocycles. The predicted molar refractivity (Wildman–Crippen MR) is 202 cm³/mol. The van der Waals surface area contributed by atoms with E-state index >= 15 is 0 Å². The van der Waals surface area contributed by atoms with Crippen LogP contribution in [0.5, 0.6) is 0 Å². The number of carbonyl (C=O) groups excluding carboxylic acids is 2. The standard InChI is InChI=1S/C14H28O2.C14H24O2.C10H16O2.C4H10.BrH/c2*15-12-6-4-10-14(11-5-7-13-16)8-2-1-3-9-14;11-8-6-10(7-9-12)4-2-1-3-5-10;1-3-4-2;/h15-16H,1-13H2;4-7,15-16H,1-3,8-13H2;8-9H,1-7H2;3-4H2,1-2H3;1H/p-1/b;6-4+,7-5+;;;. The second-order valence-corrected chi connectivity index (χ2v) is 15.0. The van der Waals surface area contributed by atoms with Crippen molar-refractivity contribution in [3.8, 4) is 0 Å². The van der Waals surface area contributed by atoms with Gasteiger partial charge in [-0.1, -0.05) is 122 Å². The molecular weight excluding hydrogens is 680 g/mol. The van der Waals surface area contributed by atoms with Gasteiger partial charge in [-0.15, -0.1) is 0 Å². The molecule has 0 saturated heterocycles. The third kappa shape index (κ3) is 24.9. The van der Waals surface area contributed by atoms with Crippen molar-refractivity contribution in [2.24, 2.45) is 16.2 Å². The van der Waals surface area contributed by atoms with Crippen LogP contribution in [0.3, 0.4) is 0 Å². The molecule has 0 aromatic carbocycles. The van der Waals surface area contributed by atoms with E-state index in [-0.39, 0.29) is 35.6 Å². The SMILES string of the molecule is CCCC.O=CCC1(CC=O)CCCCC1.OC/C=C/CC1(C/C=C/CO)CCCCC1.OCCCCC1(CCCCO)CCCCC1.[Br-]. The monoisotopic (exact) mass is 757 g/mol. The number of unbranched alkanes of at least 4 members (excludes halogenated alkanes) is 3. The average Bonchev–Trinajstić information content (AvgIpc) is 3.11. The second kappa shape index (κ2) is 34.2. The molecule has 7 heteroatoms. The Morgan fingerprint density at radius 3 is 1.06 bits per heavy atom. The Labute approximate surface area is 312 Å². The Morgan fingerprint density at radius 2 is 0.776 bits per heavy atom. The van der Waals surface area contributed by atoms with Gasteiger partial charge >= 0.3 is 0 Å². The highest BCUT2D eigenvalue weighted by molar-refractivity contribution is 5.56. The van der Waals surface area contributed by atoms with E-state index in [9.17, 15) is 9.59 Å². The van der Waals surface area contributed by atoms with E-state index in [1.807, 2.05) is 12.2 Å². The van der Waals surface area contributed by atoms with Crippen LogP contribution in [0.2, 0.25) is 0 Å². The molecule has 290 valence electrons. The van der Waals surface area contributed by atoms with Crippen LogP contribution >= 0.6 is 0 Å². The van der Waals surface area contributed by atoms with Gasteiger partial charge in [0.05, 0.1) is 13.2 Å². The van der Waals surface area contributed by atoms with Crippen molar-refractivity contribution >= 4 is 12.6 Å². The lowest BCUT2D eigenvalue weighted by atomic mass is 9.68. The zero-order valence-corrected chi connectivity index (χ0v) is 33.5. The number of carbonyl (C=O) groups is 2. The van der Waals surface area contributed by atoms with Crippen LogP contribution in [0.15, 0.2) is 24.3 Å². The molecule has 3 aliphatic carbocycles. The molecule has 0 radical (unpaired) electrons. The number of allylic oxidation sites excluding steroid dienone is 2. The normalized spacial score (nSPS) is 19.2. The summed E-state index contributed by atoms with van der Waals surface area (Å²) in [5.74, 6) is 0. The Balaban J connectivity index is 0. The third-order valence-corrected chi connectivity index (χ3v) is 11.2. The van der Waals surface area contributed by atoms with Crippen LogP contribution < -0.4 is 17.0 Å². The average molecular weight is 759 g/mol. The molecule has 0 bridgehead atoms. The lowest BCUT2D eigenvalue weighted by Gasteiger charge is -2.38. The summed E-state index contributed by atoms with van der Waals surface area (Å²) in [5.41, 5.74) is 0.986. The summed E-state index contributed by atoms with van der Waals surface area (Å²) in [4.78, 5) is 20.9. The van der Waals surface area contributed by atoms with Crippen molar-refractivity contribution in [3.05, 3.63) is 24.3 Å². The first kappa shape index (κ1) is 50.2. The van der Waals surface area contributed by atoms with Gasteiger partial charge in [0.15, 0.2) is 0 Å². The lowest BCUT2D eigenvalue weighted by Crippen LogP contribution is -3.00. The zero-order valence-electron chi connectivity index (χ0n) is 31.9. The van der Waals surface area contributed by atoms with Crippen molar-refractivity contribution in [2.45, 2.75) is 187 Å². The first-order valence-electron chi connectivity index (χ1n) is 20.0. The van der Waals surface area contributed by atoms with Gasteiger partial charge in [-0.05, 0) is 93.3 Å². The van der Waals surface area contributed by atoms with Crippen molar-refractivity contribution in [2.75, 3.05) is 26.4 Å². The topological polar surface area (TPSA) is 115 Å². The lowest BCUT2D eigenvalue weighted by molar-refractivity contribution is -0.113. The number of aldehydes is 2. The first-order chi connectivity index (χ1) is 23.4. The van der Waals surface area contributed by atoms with E-state index in [1.165, 1.54) is 122 Å². The van der Waals surface area contributed by atoms with Crippen LogP contribution in [0.25, 0.3) is 0 Å². The fourth-order valence-electron chi connectivity index (χ4n) is 7.91. The number of aliphatic hydroxyl groups excluding tert-OH is 4. The zero-order chi connectivity index (χ0) is 35.7. The predicted octanol–water partition coefficient (Wildman–Crippen LogP) is 7.00. The Kier molecular flexibility index (Phi) is 35.1. The minimum absolute atomic E-state index is 0. The summed E-state index contributed by atoms with van der Waals surface area (Å²) in [5, 5.41) is 35.2. The van der Waals surface area contributed by atoms with Crippen molar-refractivity contribution < 1.29 is 47.0 Å². The Morgan fingerprint density at radius 1 is 0.449 bits per heavy atom. The molecule has 49 heavy (non-hydrogen) atoms. The summed E-state index contributed by atoms with van der Waals surface area (Å²) in [6.45, 7) is 5.32. The van der Waals surface area contributed by atoms with Crippen LogP contribution in [0, 0.1) is 16.2 Å². The van der Waals surface area contributed by atoms with Crippen molar-refractivity contribution in [1.82, 2.24) is 0 Å². The van der Waals surface area contributed by atoms with Gasteiger partial charge in [-0.3, -0.25) is 0 Å². The van der Waals surface area contributed by atoms with E-state index in [2.05, 4.69) is 26.0 Å². The molecule has 0 amide bonds. The van der Waals surface area contributed by atoms with E-state index in [4.69, 9.17) is 20.4 Å². The summed E-state index contributed by atoms with van der Waals surface area (Å²) in [6, 6.07) is 0. The molecule has 0 heterocycles. The smallest absolute Gasteiger partial charge is 0.120 e. The van der Waals surface area contributed by atoms with Crippen LogP contribution in [0.4, 0.5) is 0 Å². The number of halogens is 1. The molecule has 6 nitrogen and oxygen atoms in total. The highest BCUT2D eigenvalue weighted by Gasteiger charge is 2.32. The van der Waals surface area contributed by atoms with Crippen LogP contribution in [0.1, 0.15) is 187 Å². The highest BCUT2D eigenvalue weighted by Crippen LogP contribution is 2.45. The van der Waals surface area contributed by atoms with Crippen molar-refractivity contribution in [3.63, 3.8) is 0 Å². The number of hydrogen-bond acceptors (Lipinski definition) is 6. The Hall–Kier alpha value is -0.860. The molecule has 3 aliphatic rings. The minimum Gasteiger partial charge on any atom is -1.00 e. The molecule has 0 aromatic heterocycles. The van der Waals surface area contributed by atoms with Crippen LogP contribution in [-0.4, -0.2) is 59.4 Å². The maximum Gasteiger partial charge on any atom is 0.120 e. The van der Waals surface area contributed by atoms with Gasteiger partial charge in [0.2, 0.25) is 0 Å². The van der Waals surface area contributed by atoms with Gasteiger partial charge < -0.3 is 47.0 Å². The van der Waals surface area contributed by atoms with E-state index < -0.39 is 0 Å². The summed E-state index contributed by atoms with van der Waals surface area (Å²) in [7, 11) is 0. The maximum atomic E-state index is 10.4. The maximum absolute atomic E-state index is 10.4. The van der Waals surface area contributed by atoms with Crippen LogP contribution in [-0.2, 0) is 9.59 Å².